The van der Waals surface area contributed by atoms with Crippen molar-refractivity contribution in [1.29, 1.82) is 0 Å². The van der Waals surface area contributed by atoms with E-state index < -0.39 is 0 Å². The van der Waals surface area contributed by atoms with E-state index in [-0.39, 0.29) is 75.1 Å². The van der Waals surface area contributed by atoms with Gasteiger partial charge in [-0.25, -0.2) is 15.0 Å². The van der Waals surface area contributed by atoms with Gasteiger partial charge in [0.25, 0.3) is 0 Å². The van der Waals surface area contributed by atoms with Crippen molar-refractivity contribution in [2.45, 2.75) is 0 Å². The highest BCUT2D eigenvalue weighted by molar-refractivity contribution is 6.10. The zero-order valence-electron chi connectivity index (χ0n) is 32.0. The Kier molecular flexibility index (Phi) is 5.67. The van der Waals surface area contributed by atoms with Gasteiger partial charge in [-0.15, -0.1) is 0 Å². The van der Waals surface area contributed by atoms with Gasteiger partial charge < -0.3 is 4.42 Å². The third kappa shape index (κ3) is 5.45. The Morgan fingerprint density at radius 2 is 0.918 bits per heavy atom. The van der Waals surface area contributed by atoms with Crippen LogP contribution in [-0.2, 0) is 0 Å². The summed E-state index contributed by atoms with van der Waals surface area (Å²) < 4.78 is 61.1. The molecule has 0 bridgehead atoms. The number of hydrogen-bond acceptors (Lipinski definition) is 4. The monoisotopic (exact) mass is 633 g/mol. The van der Waals surface area contributed by atoms with Gasteiger partial charge in [0, 0.05) is 33.0 Å². The zero-order chi connectivity index (χ0) is 37.8. The highest BCUT2D eigenvalue weighted by Crippen LogP contribution is 2.38. The normalized spacial score (nSPS) is 13.0. The lowest BCUT2D eigenvalue weighted by atomic mass is 9.97. The van der Waals surface area contributed by atoms with Crippen LogP contribution in [0.2, 0.25) is 0 Å². The van der Waals surface area contributed by atoms with Crippen molar-refractivity contribution in [1.82, 2.24) is 15.0 Å². The fourth-order valence-electron chi connectivity index (χ4n) is 5.99. The maximum absolute atomic E-state index is 9.47. The van der Waals surface area contributed by atoms with Gasteiger partial charge in [0.2, 0.25) is 0 Å². The number of hydrogen-bond donors (Lipinski definition) is 0. The van der Waals surface area contributed by atoms with Crippen molar-refractivity contribution in [3.63, 3.8) is 0 Å². The first-order chi connectivity index (χ1) is 26.8. The molecular weight excluding hydrogens is 599 g/mol. The van der Waals surface area contributed by atoms with E-state index in [1.165, 1.54) is 0 Å². The van der Waals surface area contributed by atoms with Crippen molar-refractivity contribution in [2.75, 3.05) is 0 Å². The molecule has 0 fully saturated rings. The van der Waals surface area contributed by atoms with Crippen molar-refractivity contribution in [3.05, 3.63) is 176 Å². The third-order valence-electron chi connectivity index (χ3n) is 8.46. The number of para-hydroxylation sites is 1. The van der Waals surface area contributed by atoms with Gasteiger partial charge in [-0.3, -0.25) is 0 Å². The van der Waals surface area contributed by atoms with Crippen molar-refractivity contribution >= 4 is 21.9 Å². The number of benzene rings is 7. The maximum atomic E-state index is 9.47. The summed E-state index contributed by atoms with van der Waals surface area (Å²) in [4.78, 5) is 14.3. The molecular formula is C45H29N3O. The van der Waals surface area contributed by atoms with Gasteiger partial charge in [0.1, 0.15) is 11.2 Å². The SMILES string of the molecule is [2H]c1c([2H])c([2H])c2c(oc3c([2H])c(-c4nc(-c5ccccc5)nc(-c5ccc(-c6ccccc6)cc5)n4)c([2H])c([2H])c32)c1-c1cccc(-c2ccccc2)c1. The van der Waals surface area contributed by atoms with Crippen molar-refractivity contribution in [2.24, 2.45) is 0 Å². The van der Waals surface area contributed by atoms with E-state index in [1.807, 2.05) is 140 Å². The summed E-state index contributed by atoms with van der Waals surface area (Å²) in [6.07, 6.45) is 0. The smallest absolute Gasteiger partial charge is 0.164 e. The minimum Gasteiger partial charge on any atom is -0.455 e. The second kappa shape index (κ2) is 12.2. The summed E-state index contributed by atoms with van der Waals surface area (Å²) in [5.41, 5.74) is 6.19. The predicted octanol–water partition coefficient (Wildman–Crippen LogP) is 11.8. The van der Waals surface area contributed by atoms with Crippen molar-refractivity contribution < 1.29 is 12.6 Å². The van der Waals surface area contributed by atoms with Gasteiger partial charge >= 0.3 is 0 Å². The molecule has 0 saturated heterocycles. The van der Waals surface area contributed by atoms with Crippen LogP contribution in [0.4, 0.5) is 0 Å². The van der Waals surface area contributed by atoms with Gasteiger partial charge in [-0.2, -0.15) is 0 Å². The van der Waals surface area contributed by atoms with Crippen molar-refractivity contribution in [3.8, 4) is 67.5 Å². The highest BCUT2D eigenvalue weighted by atomic mass is 16.3. The maximum Gasteiger partial charge on any atom is 0.164 e. The van der Waals surface area contributed by atoms with Crippen LogP contribution < -0.4 is 0 Å². The molecule has 0 atom stereocenters. The molecule has 4 heteroatoms. The summed E-state index contributed by atoms with van der Waals surface area (Å²) >= 11 is 0. The molecule has 0 N–H and O–H groups in total. The van der Waals surface area contributed by atoms with E-state index in [2.05, 4.69) is 0 Å². The Bertz CT molecular complexity index is 2920. The molecule has 7 aromatic carbocycles. The molecule has 9 rings (SSSR count). The minimum atomic E-state index is -0.343. The average Bonchev–Trinajstić information content (AvgIpc) is 3.64. The van der Waals surface area contributed by atoms with Gasteiger partial charge in [0.05, 0.1) is 8.22 Å². The van der Waals surface area contributed by atoms with Crippen LogP contribution in [0, 0.1) is 0 Å². The topological polar surface area (TPSA) is 51.8 Å². The number of furan rings is 1. The fraction of sp³-hybridized carbons (Fsp3) is 0. The first kappa shape index (κ1) is 22.8. The minimum absolute atomic E-state index is 0.0195. The Balaban J connectivity index is 1.26. The van der Waals surface area contributed by atoms with E-state index in [0.29, 0.717) is 28.3 Å². The van der Waals surface area contributed by atoms with Crippen LogP contribution in [0.1, 0.15) is 8.22 Å². The first-order valence-electron chi connectivity index (χ1n) is 18.9. The number of aromatic nitrogens is 3. The van der Waals surface area contributed by atoms with E-state index in [9.17, 15) is 4.11 Å². The third-order valence-corrected chi connectivity index (χ3v) is 8.46. The molecule has 0 amide bonds. The van der Waals surface area contributed by atoms with Crippen LogP contribution >= 0.6 is 0 Å². The quantitative estimate of drug-likeness (QED) is 0.183. The summed E-state index contributed by atoms with van der Waals surface area (Å²) in [5.74, 6) is 0.672. The molecule has 0 spiro atoms. The summed E-state index contributed by atoms with van der Waals surface area (Å²) in [6.45, 7) is 0. The lowest BCUT2D eigenvalue weighted by Crippen LogP contribution is -2.00. The Hall–Kier alpha value is -6.65. The molecule has 0 aliphatic carbocycles. The second-order valence-corrected chi connectivity index (χ2v) is 11.6. The fourth-order valence-corrected chi connectivity index (χ4v) is 5.99. The second-order valence-electron chi connectivity index (χ2n) is 11.6. The van der Waals surface area contributed by atoms with Crippen LogP contribution in [-0.4, -0.2) is 15.0 Å². The molecule has 0 aliphatic heterocycles. The van der Waals surface area contributed by atoms with E-state index >= 15 is 0 Å². The molecule has 9 aromatic rings. The summed E-state index contributed by atoms with van der Waals surface area (Å²) in [6, 6.07) is 42.7. The molecule has 0 aliphatic rings. The molecule has 0 saturated carbocycles. The predicted molar refractivity (Wildman–Crippen MR) is 200 cm³/mol. The van der Waals surface area contributed by atoms with Crippen LogP contribution in [0.3, 0.4) is 0 Å². The number of rotatable bonds is 6. The van der Waals surface area contributed by atoms with Crippen LogP contribution in [0.25, 0.3) is 89.5 Å². The number of nitrogens with zero attached hydrogens (tertiary/aromatic N) is 3. The van der Waals surface area contributed by atoms with Gasteiger partial charge in [-0.05, 0) is 46.0 Å². The number of fused-ring (bicyclic) bond motifs is 3. The Morgan fingerprint density at radius 3 is 1.59 bits per heavy atom. The average molecular weight is 634 g/mol. The summed E-state index contributed by atoms with van der Waals surface area (Å²) in [5, 5.41) is 0.163. The standard InChI is InChI=1S/C45H29N3O/c1-4-12-30(13-5-1)32-22-24-34(25-23-32)44-46-43(33-16-8-3-9-17-33)47-45(48-44)37-26-27-39-40-21-11-20-38(42(40)49-41(39)29-37)36-19-10-18-35(28-36)31-14-6-2-7-15-31/h1-29H/i11D,20D,21D,26D,27D,29D. The molecule has 4 nitrogen and oxygen atoms in total. The first-order valence-corrected chi connectivity index (χ1v) is 15.9. The molecule has 49 heavy (non-hydrogen) atoms. The zero-order valence-corrected chi connectivity index (χ0v) is 26.0. The lowest BCUT2D eigenvalue weighted by Gasteiger charge is -2.09. The summed E-state index contributed by atoms with van der Waals surface area (Å²) in [7, 11) is 0. The van der Waals surface area contributed by atoms with E-state index in [1.54, 1.807) is 0 Å². The van der Waals surface area contributed by atoms with Gasteiger partial charge in [-0.1, -0.05) is 158 Å². The molecule has 230 valence electrons. The molecule has 0 radical (unpaired) electrons. The largest absolute Gasteiger partial charge is 0.455 e. The Labute approximate surface area is 292 Å². The molecule has 0 unspecified atom stereocenters. The van der Waals surface area contributed by atoms with Crippen LogP contribution in [0.5, 0.6) is 0 Å². The molecule has 2 aromatic heterocycles. The van der Waals surface area contributed by atoms with Crippen LogP contribution in [0.15, 0.2) is 180 Å². The van der Waals surface area contributed by atoms with Gasteiger partial charge in [0.15, 0.2) is 17.5 Å². The molecule has 2 heterocycles. The van der Waals surface area contributed by atoms with E-state index in [4.69, 9.17) is 23.5 Å². The Morgan fingerprint density at radius 1 is 0.408 bits per heavy atom. The highest BCUT2D eigenvalue weighted by Gasteiger charge is 2.17. The lowest BCUT2D eigenvalue weighted by molar-refractivity contribution is 0.670. The van der Waals surface area contributed by atoms with E-state index in [0.717, 1.165) is 22.3 Å².